The highest BCUT2D eigenvalue weighted by molar-refractivity contribution is 5.97. The third-order valence-corrected chi connectivity index (χ3v) is 1.02. The van der Waals surface area contributed by atoms with Crippen molar-refractivity contribution in [1.82, 2.24) is 0 Å². The van der Waals surface area contributed by atoms with Gasteiger partial charge in [0.2, 0.25) is 0 Å². The molecule has 0 bridgehead atoms. The second-order valence-electron chi connectivity index (χ2n) is 1.52. The van der Waals surface area contributed by atoms with E-state index >= 15 is 0 Å². The Morgan fingerprint density at radius 2 is 2.71 bits per heavy atom. The summed E-state index contributed by atoms with van der Waals surface area (Å²) in [6.45, 7) is 2.09. The lowest BCUT2D eigenvalue weighted by atomic mass is 10.2. The van der Waals surface area contributed by atoms with E-state index in [4.69, 9.17) is 0 Å². The molecule has 0 saturated heterocycles. The molecule has 7 heavy (non-hydrogen) atoms. The Balaban J connectivity index is 2.45. The maximum atomic E-state index is 3.84. The summed E-state index contributed by atoms with van der Waals surface area (Å²) in [4.78, 5) is 0. The van der Waals surface area contributed by atoms with Crippen molar-refractivity contribution < 1.29 is 0 Å². The van der Waals surface area contributed by atoms with E-state index in [0.29, 0.717) is 0 Å². The number of rotatable bonds is 1. The van der Waals surface area contributed by atoms with Gasteiger partial charge in [-0.2, -0.15) is 10.2 Å². The number of hydrogen-bond acceptors (Lipinski definition) is 2. The number of nitrogens with zero attached hydrogens (tertiary/aromatic N) is 2. The van der Waals surface area contributed by atoms with Gasteiger partial charge in [0.1, 0.15) is 0 Å². The lowest BCUT2D eigenvalue weighted by Crippen LogP contribution is -1.88. The summed E-state index contributed by atoms with van der Waals surface area (Å²) in [6.07, 6.45) is 3.84. The summed E-state index contributed by atoms with van der Waals surface area (Å²) in [5.74, 6) is 0. The van der Waals surface area contributed by atoms with Gasteiger partial charge in [-0.1, -0.05) is 6.92 Å². The molecule has 1 rings (SSSR count). The Labute approximate surface area is 43.0 Å². The molecule has 1 aliphatic heterocycles. The Kier molecular flexibility index (Phi) is 1.20. The van der Waals surface area contributed by atoms with Crippen LogP contribution in [0.5, 0.6) is 0 Å². The SMILES string of the molecule is CCC1=NN=CC1. The highest BCUT2D eigenvalue weighted by Gasteiger charge is 1.95. The third-order valence-electron chi connectivity index (χ3n) is 1.02. The van der Waals surface area contributed by atoms with Crippen molar-refractivity contribution in [1.29, 1.82) is 0 Å². The van der Waals surface area contributed by atoms with Crippen LogP contribution >= 0.6 is 0 Å². The Morgan fingerprint density at radius 3 is 3.00 bits per heavy atom. The molecule has 0 aliphatic carbocycles. The van der Waals surface area contributed by atoms with E-state index < -0.39 is 0 Å². The van der Waals surface area contributed by atoms with Gasteiger partial charge in [-0.15, -0.1) is 0 Å². The first-order chi connectivity index (χ1) is 3.43. The molecule has 0 aromatic carbocycles. The summed E-state index contributed by atoms with van der Waals surface area (Å²) in [5.41, 5.74) is 1.19. The quantitative estimate of drug-likeness (QED) is 0.469. The third kappa shape index (κ3) is 0.856. The molecule has 0 N–H and O–H groups in total. The predicted molar refractivity (Wildman–Crippen MR) is 30.8 cm³/mol. The van der Waals surface area contributed by atoms with E-state index in [1.54, 1.807) is 0 Å². The van der Waals surface area contributed by atoms with E-state index in [0.717, 1.165) is 12.8 Å². The lowest BCUT2D eigenvalue weighted by molar-refractivity contribution is 1.20. The van der Waals surface area contributed by atoms with E-state index in [2.05, 4.69) is 17.1 Å². The van der Waals surface area contributed by atoms with Gasteiger partial charge in [-0.05, 0) is 6.42 Å². The lowest BCUT2D eigenvalue weighted by Gasteiger charge is -1.83. The van der Waals surface area contributed by atoms with Gasteiger partial charge in [0, 0.05) is 18.3 Å². The zero-order valence-electron chi connectivity index (χ0n) is 4.39. The van der Waals surface area contributed by atoms with Crippen LogP contribution in [0, 0.1) is 0 Å². The minimum absolute atomic E-state index is 0.969. The molecule has 0 spiro atoms. The maximum absolute atomic E-state index is 3.84. The van der Waals surface area contributed by atoms with E-state index in [1.165, 1.54) is 5.71 Å². The fraction of sp³-hybridized carbons (Fsp3) is 0.600. The van der Waals surface area contributed by atoms with Crippen LogP contribution in [0.25, 0.3) is 0 Å². The van der Waals surface area contributed by atoms with Gasteiger partial charge < -0.3 is 0 Å². The van der Waals surface area contributed by atoms with Gasteiger partial charge in [-0.25, -0.2) is 0 Å². The monoisotopic (exact) mass is 96.1 g/mol. The van der Waals surface area contributed by atoms with Crippen LogP contribution in [-0.4, -0.2) is 11.9 Å². The normalized spacial score (nSPS) is 17.6. The molecule has 0 atom stereocenters. The first-order valence-corrected chi connectivity index (χ1v) is 2.50. The standard InChI is InChI=1S/C5H8N2/c1-2-5-3-4-6-7-5/h4H,2-3H2,1H3. The molecular weight excluding hydrogens is 88.1 g/mol. The molecular formula is C5H8N2. The molecule has 38 valence electrons. The summed E-state index contributed by atoms with van der Waals surface area (Å²) >= 11 is 0. The minimum Gasteiger partial charge on any atom is -0.163 e. The molecule has 0 fully saturated rings. The van der Waals surface area contributed by atoms with Crippen LogP contribution in [0.4, 0.5) is 0 Å². The molecule has 1 aliphatic rings. The van der Waals surface area contributed by atoms with Crippen molar-refractivity contribution >= 4 is 11.9 Å². The van der Waals surface area contributed by atoms with Crippen molar-refractivity contribution in [3.63, 3.8) is 0 Å². The molecule has 2 heteroatoms. The fourth-order valence-electron chi connectivity index (χ4n) is 0.525. The fourth-order valence-corrected chi connectivity index (χ4v) is 0.525. The molecule has 0 aromatic rings. The van der Waals surface area contributed by atoms with Crippen molar-refractivity contribution in [2.24, 2.45) is 10.2 Å². The van der Waals surface area contributed by atoms with Gasteiger partial charge in [0.25, 0.3) is 0 Å². The molecule has 0 unspecified atom stereocenters. The minimum atomic E-state index is 0.969. The molecule has 0 radical (unpaired) electrons. The van der Waals surface area contributed by atoms with E-state index in [-0.39, 0.29) is 0 Å². The summed E-state index contributed by atoms with van der Waals surface area (Å²) in [7, 11) is 0. The van der Waals surface area contributed by atoms with Gasteiger partial charge >= 0.3 is 0 Å². The van der Waals surface area contributed by atoms with Gasteiger partial charge in [0.15, 0.2) is 0 Å². The second kappa shape index (κ2) is 1.87. The van der Waals surface area contributed by atoms with Crippen LogP contribution in [0.15, 0.2) is 10.2 Å². The first kappa shape index (κ1) is 4.50. The summed E-state index contributed by atoms with van der Waals surface area (Å²) < 4.78 is 0. The Bertz CT molecular complexity index is 113. The average molecular weight is 96.1 g/mol. The topological polar surface area (TPSA) is 24.7 Å². The summed E-state index contributed by atoms with van der Waals surface area (Å²) in [5, 5.41) is 7.54. The van der Waals surface area contributed by atoms with Crippen LogP contribution in [0.2, 0.25) is 0 Å². The molecule has 0 aromatic heterocycles. The van der Waals surface area contributed by atoms with Gasteiger partial charge in [-0.3, -0.25) is 0 Å². The Morgan fingerprint density at radius 1 is 1.86 bits per heavy atom. The van der Waals surface area contributed by atoms with E-state index in [9.17, 15) is 0 Å². The average Bonchev–Trinajstić information content (AvgIpc) is 2.14. The number of hydrogen-bond donors (Lipinski definition) is 0. The molecule has 2 nitrogen and oxygen atoms in total. The van der Waals surface area contributed by atoms with Crippen LogP contribution in [0.3, 0.4) is 0 Å². The molecule has 0 amide bonds. The summed E-state index contributed by atoms with van der Waals surface area (Å²) in [6, 6.07) is 0. The largest absolute Gasteiger partial charge is 0.163 e. The smallest absolute Gasteiger partial charge is 0.0456 e. The van der Waals surface area contributed by atoms with Crippen molar-refractivity contribution in [3.05, 3.63) is 0 Å². The molecule has 0 saturated carbocycles. The zero-order chi connectivity index (χ0) is 5.11. The van der Waals surface area contributed by atoms with Crippen LogP contribution < -0.4 is 0 Å². The van der Waals surface area contributed by atoms with Gasteiger partial charge in [0.05, 0.1) is 0 Å². The Hall–Kier alpha value is -0.660. The van der Waals surface area contributed by atoms with Crippen molar-refractivity contribution in [2.75, 3.05) is 0 Å². The maximum Gasteiger partial charge on any atom is 0.0456 e. The van der Waals surface area contributed by atoms with Crippen LogP contribution in [-0.2, 0) is 0 Å². The highest BCUT2D eigenvalue weighted by atomic mass is 15.2. The first-order valence-electron chi connectivity index (χ1n) is 2.50. The zero-order valence-corrected chi connectivity index (χ0v) is 4.39. The predicted octanol–water partition coefficient (Wildman–Crippen LogP) is 1.23. The van der Waals surface area contributed by atoms with E-state index in [1.807, 2.05) is 6.21 Å². The van der Waals surface area contributed by atoms with Crippen LogP contribution in [0.1, 0.15) is 19.8 Å². The van der Waals surface area contributed by atoms with Crippen molar-refractivity contribution in [2.45, 2.75) is 19.8 Å². The second-order valence-corrected chi connectivity index (χ2v) is 1.52. The molecule has 1 heterocycles. The highest BCUT2D eigenvalue weighted by Crippen LogP contribution is 1.96. The van der Waals surface area contributed by atoms with Crippen molar-refractivity contribution in [3.8, 4) is 0 Å².